The van der Waals surface area contributed by atoms with Gasteiger partial charge in [0.1, 0.15) is 18.8 Å². The van der Waals surface area contributed by atoms with Crippen molar-refractivity contribution >= 4 is 31.8 Å². The first-order chi connectivity index (χ1) is 14.5. The second-order valence-electron chi connectivity index (χ2n) is 7.33. The maximum absolute atomic E-state index is 12.4. The van der Waals surface area contributed by atoms with Crippen LogP contribution in [-0.2, 0) is 16.3 Å². The molecule has 1 unspecified atom stereocenters. The predicted octanol–water partition coefficient (Wildman–Crippen LogP) is 3.52. The largest absolute Gasteiger partial charge is 0.493 e. The van der Waals surface area contributed by atoms with Crippen LogP contribution in [0.2, 0.25) is 0 Å². The number of methoxy groups -OCH3 is 1. The lowest BCUT2D eigenvalue weighted by atomic mass is 9.93. The number of fused-ring (bicyclic) bond motifs is 1. The van der Waals surface area contributed by atoms with Gasteiger partial charge >= 0.3 is 0 Å². The molecule has 0 radical (unpaired) electrons. The summed E-state index contributed by atoms with van der Waals surface area (Å²) in [6.45, 7) is 1.98. The number of rotatable bonds is 7. The quantitative estimate of drug-likeness (QED) is 0.561. The smallest absolute Gasteiger partial charge is 0.163 e. The highest BCUT2D eigenvalue weighted by atomic mass is 32.2. The van der Waals surface area contributed by atoms with Gasteiger partial charge in [0.05, 0.1) is 22.3 Å². The highest BCUT2D eigenvalue weighted by Crippen LogP contribution is 2.35. The molecule has 0 bridgehead atoms. The lowest BCUT2D eigenvalue weighted by Crippen LogP contribution is -2.27. The molecule has 1 aliphatic rings. The van der Waals surface area contributed by atoms with E-state index in [0.29, 0.717) is 22.4 Å². The van der Waals surface area contributed by atoms with Crippen LogP contribution in [-0.4, -0.2) is 32.7 Å². The van der Waals surface area contributed by atoms with Crippen LogP contribution in [0.5, 0.6) is 11.5 Å². The number of aromatic nitrogens is 2. The Balaban J connectivity index is 1.60. The van der Waals surface area contributed by atoms with E-state index >= 15 is 0 Å². The molecule has 0 aliphatic heterocycles. The van der Waals surface area contributed by atoms with Crippen molar-refractivity contribution in [3.8, 4) is 11.5 Å². The first kappa shape index (κ1) is 20.4. The molecule has 0 amide bonds. The molecule has 4 rings (SSSR count). The van der Waals surface area contributed by atoms with Gasteiger partial charge in [-0.25, -0.2) is 14.2 Å². The zero-order valence-corrected chi connectivity index (χ0v) is 17.9. The van der Waals surface area contributed by atoms with Crippen molar-refractivity contribution in [1.29, 1.82) is 0 Å². The standard InChI is InChI=1S/C22H26N4O3S/c1-3-30(23,27)17-9-4-6-15(10-17)13-29-21-12-19-18(11-20(21)28-2)22(25-14-24-19)26-16-7-5-8-16/h3-4,6,9-12,14,16H,5,7-8,13H2,1-2H3,(H2,23,27)(H,24,25,26). The van der Waals surface area contributed by atoms with E-state index in [1.165, 1.54) is 11.8 Å². The molecule has 1 heterocycles. The predicted molar refractivity (Wildman–Crippen MR) is 120 cm³/mol. The molecule has 158 valence electrons. The summed E-state index contributed by atoms with van der Waals surface area (Å²) in [5.41, 5.74) is 1.65. The van der Waals surface area contributed by atoms with Gasteiger partial charge in [0.25, 0.3) is 0 Å². The first-order valence-electron chi connectivity index (χ1n) is 9.92. The van der Waals surface area contributed by atoms with Gasteiger partial charge in [-0.05, 0) is 55.3 Å². The van der Waals surface area contributed by atoms with Crippen LogP contribution in [0, 0.1) is 0 Å². The fraction of sp³-hybridized carbons (Fsp3) is 0.318. The molecular weight excluding hydrogens is 400 g/mol. The number of benzene rings is 2. The van der Waals surface area contributed by atoms with Crippen molar-refractivity contribution in [2.45, 2.75) is 43.7 Å². The number of nitrogens with two attached hydrogens (primary N) is 1. The van der Waals surface area contributed by atoms with Crippen molar-refractivity contribution in [1.82, 2.24) is 9.97 Å². The van der Waals surface area contributed by atoms with Gasteiger partial charge in [-0.2, -0.15) is 0 Å². The summed E-state index contributed by atoms with van der Waals surface area (Å²) < 4.78 is 24.0. The SMILES string of the molecule is CC=S(N)(=O)c1cccc(COc2cc3ncnc(NC4CCC4)c3cc2OC)c1. The fourth-order valence-electron chi connectivity index (χ4n) is 3.33. The van der Waals surface area contributed by atoms with E-state index in [1.54, 1.807) is 32.5 Å². The number of ether oxygens (including phenoxy) is 2. The van der Waals surface area contributed by atoms with Gasteiger partial charge in [-0.1, -0.05) is 12.1 Å². The Labute approximate surface area is 176 Å². The van der Waals surface area contributed by atoms with E-state index in [-0.39, 0.29) is 6.61 Å². The molecule has 8 heteroatoms. The second-order valence-corrected chi connectivity index (χ2v) is 9.57. The zero-order valence-electron chi connectivity index (χ0n) is 17.1. The highest BCUT2D eigenvalue weighted by molar-refractivity contribution is 7.99. The van der Waals surface area contributed by atoms with Crippen LogP contribution >= 0.6 is 0 Å². The van der Waals surface area contributed by atoms with Crippen molar-refractivity contribution in [3.05, 3.63) is 48.3 Å². The zero-order chi connectivity index (χ0) is 21.1. The van der Waals surface area contributed by atoms with E-state index in [4.69, 9.17) is 14.6 Å². The maximum atomic E-state index is 12.4. The highest BCUT2D eigenvalue weighted by Gasteiger charge is 2.19. The molecule has 0 saturated heterocycles. The fourth-order valence-corrected chi connectivity index (χ4v) is 4.23. The summed E-state index contributed by atoms with van der Waals surface area (Å²) in [5, 5.41) is 11.8. The molecule has 0 spiro atoms. The average molecular weight is 427 g/mol. The van der Waals surface area contributed by atoms with E-state index in [9.17, 15) is 4.21 Å². The van der Waals surface area contributed by atoms with E-state index in [1.807, 2.05) is 24.3 Å². The van der Waals surface area contributed by atoms with Gasteiger partial charge in [0.15, 0.2) is 11.5 Å². The van der Waals surface area contributed by atoms with Crippen LogP contribution in [0.1, 0.15) is 31.7 Å². The molecule has 1 atom stereocenters. The summed E-state index contributed by atoms with van der Waals surface area (Å²) in [4.78, 5) is 9.38. The molecule has 2 aromatic carbocycles. The summed E-state index contributed by atoms with van der Waals surface area (Å²) in [6.07, 6.45) is 5.13. The number of anilines is 1. The van der Waals surface area contributed by atoms with Crippen molar-refractivity contribution in [2.24, 2.45) is 5.14 Å². The average Bonchev–Trinajstić information content (AvgIpc) is 2.74. The van der Waals surface area contributed by atoms with Gasteiger partial charge in [0.2, 0.25) is 0 Å². The van der Waals surface area contributed by atoms with Gasteiger partial charge in [-0.3, -0.25) is 5.14 Å². The van der Waals surface area contributed by atoms with Crippen molar-refractivity contribution in [3.63, 3.8) is 0 Å². The Morgan fingerprint density at radius 2 is 2.07 bits per heavy atom. The summed E-state index contributed by atoms with van der Waals surface area (Å²) in [5.74, 6) is 2.00. The van der Waals surface area contributed by atoms with Gasteiger partial charge < -0.3 is 14.8 Å². The van der Waals surface area contributed by atoms with Gasteiger partial charge in [-0.15, -0.1) is 0 Å². The van der Waals surface area contributed by atoms with E-state index in [2.05, 4.69) is 15.3 Å². The maximum Gasteiger partial charge on any atom is 0.163 e. The van der Waals surface area contributed by atoms with Crippen molar-refractivity contribution in [2.75, 3.05) is 12.4 Å². The third kappa shape index (κ3) is 4.20. The minimum Gasteiger partial charge on any atom is -0.493 e. The Morgan fingerprint density at radius 3 is 2.77 bits per heavy atom. The Hall–Kier alpha value is -2.84. The molecule has 30 heavy (non-hydrogen) atoms. The molecule has 1 aliphatic carbocycles. The molecule has 1 saturated carbocycles. The Morgan fingerprint density at radius 1 is 1.23 bits per heavy atom. The molecule has 1 aromatic heterocycles. The number of nitrogens with one attached hydrogen (secondary N) is 1. The lowest BCUT2D eigenvalue weighted by Gasteiger charge is -2.27. The summed E-state index contributed by atoms with van der Waals surface area (Å²) in [7, 11) is -1.03. The molecule has 3 aromatic rings. The van der Waals surface area contributed by atoms with Crippen LogP contribution in [0.3, 0.4) is 0 Å². The molecule has 1 fully saturated rings. The molecule has 7 nitrogen and oxygen atoms in total. The van der Waals surface area contributed by atoms with Crippen LogP contribution in [0.4, 0.5) is 5.82 Å². The Kier molecular flexibility index (Phi) is 5.78. The first-order valence-corrected chi connectivity index (χ1v) is 11.6. The monoisotopic (exact) mass is 426 g/mol. The van der Waals surface area contributed by atoms with Crippen LogP contribution in [0.25, 0.3) is 10.9 Å². The normalized spacial score (nSPS) is 15.8. The van der Waals surface area contributed by atoms with Crippen LogP contribution < -0.4 is 19.9 Å². The van der Waals surface area contributed by atoms with Crippen molar-refractivity contribution < 1.29 is 13.7 Å². The minimum atomic E-state index is -2.64. The molecular formula is C22H26N4O3S. The molecule has 3 N–H and O–H groups in total. The summed E-state index contributed by atoms with van der Waals surface area (Å²) >= 11 is 0. The summed E-state index contributed by atoms with van der Waals surface area (Å²) in [6, 6.07) is 11.5. The third-order valence-corrected chi connectivity index (χ3v) is 7.07. The number of nitrogens with zero attached hydrogens (tertiary/aromatic N) is 2. The number of hydrogen-bond acceptors (Lipinski definition) is 6. The van der Waals surface area contributed by atoms with E-state index in [0.717, 1.165) is 35.1 Å². The van der Waals surface area contributed by atoms with E-state index < -0.39 is 9.71 Å². The third-order valence-electron chi connectivity index (χ3n) is 5.38. The lowest BCUT2D eigenvalue weighted by molar-refractivity contribution is 0.285. The second kappa shape index (κ2) is 8.49. The van der Waals surface area contributed by atoms with Crippen LogP contribution in [0.15, 0.2) is 47.6 Å². The topological polar surface area (TPSA) is 99.4 Å². The Bertz CT molecular complexity index is 1180. The minimum absolute atomic E-state index is 0.285. The number of hydrogen-bond donors (Lipinski definition) is 2. The van der Waals surface area contributed by atoms with Gasteiger partial charge in [0, 0.05) is 22.4 Å².